The van der Waals surface area contributed by atoms with Gasteiger partial charge in [0.2, 0.25) is 5.95 Å². The second kappa shape index (κ2) is 4.20. The Kier molecular flexibility index (Phi) is 2.64. The lowest BCUT2D eigenvalue weighted by Gasteiger charge is -2.08. The third-order valence-corrected chi connectivity index (χ3v) is 3.13. The first-order valence-corrected chi connectivity index (χ1v) is 5.84. The molecule has 2 aromatic carbocycles. The second-order valence-corrected chi connectivity index (χ2v) is 4.39. The summed E-state index contributed by atoms with van der Waals surface area (Å²) in [7, 11) is 0. The minimum absolute atomic E-state index is 0.0203. The number of rotatable bonds is 1. The monoisotopic (exact) mass is 279 g/mol. The Morgan fingerprint density at radius 3 is 2.63 bits per heavy atom. The first kappa shape index (κ1) is 11.9. The van der Waals surface area contributed by atoms with Gasteiger partial charge in [0.1, 0.15) is 0 Å². The maximum atomic E-state index is 13.9. The fourth-order valence-electron chi connectivity index (χ4n) is 2.01. The molecule has 0 saturated carbocycles. The minimum atomic E-state index is -0.992. The predicted octanol–water partition coefficient (Wildman–Crippen LogP) is 3.54. The van der Waals surface area contributed by atoms with Crippen LogP contribution in [-0.4, -0.2) is 9.55 Å². The molecule has 1 aromatic heterocycles. The van der Waals surface area contributed by atoms with E-state index in [2.05, 4.69) is 4.98 Å². The summed E-state index contributed by atoms with van der Waals surface area (Å²) in [6.07, 6.45) is 0. The van der Waals surface area contributed by atoms with E-state index in [9.17, 15) is 8.78 Å². The highest BCUT2D eigenvalue weighted by molar-refractivity contribution is 6.35. The second-order valence-electron chi connectivity index (χ2n) is 3.99. The number of halogens is 3. The van der Waals surface area contributed by atoms with E-state index in [1.54, 1.807) is 18.2 Å². The molecule has 1 heterocycles. The molecule has 2 N–H and O–H groups in total. The molecule has 0 saturated heterocycles. The SMILES string of the molecule is Nc1nc2cccc(Cl)c2n1-c1cccc(F)c1F. The number of anilines is 1. The minimum Gasteiger partial charge on any atom is -0.369 e. The van der Waals surface area contributed by atoms with Crippen molar-refractivity contribution in [3.8, 4) is 5.69 Å². The van der Waals surface area contributed by atoms with Crippen molar-refractivity contribution in [2.45, 2.75) is 0 Å². The van der Waals surface area contributed by atoms with Crippen LogP contribution in [0.4, 0.5) is 14.7 Å². The van der Waals surface area contributed by atoms with Crippen molar-refractivity contribution in [2.75, 3.05) is 5.73 Å². The van der Waals surface area contributed by atoms with Crippen molar-refractivity contribution in [3.05, 3.63) is 53.1 Å². The smallest absolute Gasteiger partial charge is 0.206 e. The van der Waals surface area contributed by atoms with Gasteiger partial charge in [-0.25, -0.2) is 13.8 Å². The average molecular weight is 280 g/mol. The normalized spacial score (nSPS) is 11.1. The molecule has 0 aliphatic heterocycles. The van der Waals surface area contributed by atoms with Crippen molar-refractivity contribution in [3.63, 3.8) is 0 Å². The maximum absolute atomic E-state index is 13.9. The number of nitrogen functional groups attached to an aromatic ring is 1. The fourth-order valence-corrected chi connectivity index (χ4v) is 2.27. The summed E-state index contributed by atoms with van der Waals surface area (Å²) >= 11 is 6.08. The molecule has 3 rings (SSSR count). The number of hydrogen-bond acceptors (Lipinski definition) is 2. The number of fused-ring (bicyclic) bond motifs is 1. The van der Waals surface area contributed by atoms with Crippen LogP contribution in [0, 0.1) is 11.6 Å². The van der Waals surface area contributed by atoms with E-state index in [0.717, 1.165) is 6.07 Å². The van der Waals surface area contributed by atoms with Gasteiger partial charge in [-0.15, -0.1) is 0 Å². The topological polar surface area (TPSA) is 43.8 Å². The summed E-state index contributed by atoms with van der Waals surface area (Å²) in [5, 5.41) is 0.366. The van der Waals surface area contributed by atoms with Gasteiger partial charge < -0.3 is 5.73 Å². The molecule has 3 aromatic rings. The molecule has 0 unspecified atom stereocenters. The van der Waals surface area contributed by atoms with Gasteiger partial charge in [-0.1, -0.05) is 23.7 Å². The lowest BCUT2D eigenvalue weighted by molar-refractivity contribution is 0.505. The standard InChI is InChI=1S/C13H8ClF2N3/c14-7-3-1-5-9-12(7)19(13(17)18-9)10-6-2-4-8(15)11(10)16/h1-6H,(H2,17,18). The largest absolute Gasteiger partial charge is 0.369 e. The number of hydrogen-bond donors (Lipinski definition) is 1. The third-order valence-electron chi connectivity index (χ3n) is 2.83. The van der Waals surface area contributed by atoms with Crippen molar-refractivity contribution in [1.82, 2.24) is 9.55 Å². The van der Waals surface area contributed by atoms with Gasteiger partial charge in [0, 0.05) is 0 Å². The van der Waals surface area contributed by atoms with Crippen LogP contribution in [0.2, 0.25) is 5.02 Å². The van der Waals surface area contributed by atoms with E-state index in [1.165, 1.54) is 16.7 Å². The van der Waals surface area contributed by atoms with Crippen LogP contribution in [0.15, 0.2) is 36.4 Å². The van der Waals surface area contributed by atoms with Crippen molar-refractivity contribution in [2.24, 2.45) is 0 Å². The van der Waals surface area contributed by atoms with Gasteiger partial charge in [0.05, 0.1) is 21.7 Å². The average Bonchev–Trinajstić information content (AvgIpc) is 2.71. The quantitative estimate of drug-likeness (QED) is 0.740. The Bertz CT molecular complexity index is 783. The highest BCUT2D eigenvalue weighted by Crippen LogP contribution is 2.30. The van der Waals surface area contributed by atoms with Gasteiger partial charge in [-0.05, 0) is 24.3 Å². The van der Waals surface area contributed by atoms with Gasteiger partial charge in [0.25, 0.3) is 0 Å². The molecule has 0 aliphatic carbocycles. The van der Waals surface area contributed by atoms with Crippen molar-refractivity contribution >= 4 is 28.6 Å². The van der Waals surface area contributed by atoms with Gasteiger partial charge in [-0.2, -0.15) is 0 Å². The van der Waals surface area contributed by atoms with Crippen molar-refractivity contribution in [1.29, 1.82) is 0 Å². The van der Waals surface area contributed by atoms with E-state index in [-0.39, 0.29) is 11.6 Å². The molecule has 6 heteroatoms. The van der Waals surface area contributed by atoms with E-state index in [4.69, 9.17) is 17.3 Å². The van der Waals surface area contributed by atoms with Gasteiger partial charge in [0.15, 0.2) is 11.6 Å². The zero-order valence-corrected chi connectivity index (χ0v) is 10.3. The number of aromatic nitrogens is 2. The molecule has 0 aliphatic rings. The van der Waals surface area contributed by atoms with Gasteiger partial charge >= 0.3 is 0 Å². The summed E-state index contributed by atoms with van der Waals surface area (Å²) < 4.78 is 28.5. The summed E-state index contributed by atoms with van der Waals surface area (Å²) in [4.78, 5) is 4.09. The molecule has 3 nitrogen and oxygen atoms in total. The van der Waals surface area contributed by atoms with E-state index in [0.29, 0.717) is 16.1 Å². The molecule has 0 fully saturated rings. The lowest BCUT2D eigenvalue weighted by atomic mass is 10.2. The molecule has 0 bridgehead atoms. The highest BCUT2D eigenvalue weighted by Gasteiger charge is 2.17. The lowest BCUT2D eigenvalue weighted by Crippen LogP contribution is -2.04. The van der Waals surface area contributed by atoms with Crippen LogP contribution >= 0.6 is 11.6 Å². The predicted molar refractivity (Wildman–Crippen MR) is 70.4 cm³/mol. The van der Waals surface area contributed by atoms with E-state index in [1.807, 2.05) is 0 Å². The summed E-state index contributed by atoms with van der Waals surface area (Å²) in [5.41, 5.74) is 6.73. The Morgan fingerprint density at radius 1 is 1.11 bits per heavy atom. The molecule has 19 heavy (non-hydrogen) atoms. The Hall–Kier alpha value is -2.14. The molecule has 96 valence electrons. The number of benzene rings is 2. The number of imidazole rings is 1. The molecule has 0 amide bonds. The number of para-hydroxylation sites is 1. The third kappa shape index (κ3) is 1.74. The molecular weight excluding hydrogens is 272 g/mol. The van der Waals surface area contributed by atoms with Crippen LogP contribution in [0.3, 0.4) is 0 Å². The first-order chi connectivity index (χ1) is 9.09. The summed E-state index contributed by atoms with van der Waals surface area (Å²) in [5.74, 6) is -1.90. The molecule has 0 spiro atoms. The van der Waals surface area contributed by atoms with Crippen LogP contribution in [0.25, 0.3) is 16.7 Å². The van der Waals surface area contributed by atoms with Gasteiger partial charge in [-0.3, -0.25) is 4.57 Å². The maximum Gasteiger partial charge on any atom is 0.206 e. The molecule has 0 radical (unpaired) electrons. The zero-order valence-electron chi connectivity index (χ0n) is 9.57. The van der Waals surface area contributed by atoms with E-state index < -0.39 is 11.6 Å². The van der Waals surface area contributed by atoms with E-state index >= 15 is 0 Å². The highest BCUT2D eigenvalue weighted by atomic mass is 35.5. The first-order valence-electron chi connectivity index (χ1n) is 5.46. The molecular formula is C13H8ClF2N3. The summed E-state index contributed by atoms with van der Waals surface area (Å²) in [6, 6.07) is 8.90. The summed E-state index contributed by atoms with van der Waals surface area (Å²) in [6.45, 7) is 0. The van der Waals surface area contributed by atoms with Crippen LogP contribution in [0.1, 0.15) is 0 Å². The van der Waals surface area contributed by atoms with Crippen LogP contribution < -0.4 is 5.73 Å². The van der Waals surface area contributed by atoms with Crippen LogP contribution in [0.5, 0.6) is 0 Å². The van der Waals surface area contributed by atoms with Crippen molar-refractivity contribution < 1.29 is 8.78 Å². The Morgan fingerprint density at radius 2 is 1.84 bits per heavy atom. The fraction of sp³-hybridized carbons (Fsp3) is 0. The Labute approximate surface area is 112 Å². The molecule has 0 atom stereocenters. The van der Waals surface area contributed by atoms with Crippen LogP contribution in [-0.2, 0) is 0 Å². The number of nitrogens with zero attached hydrogens (tertiary/aromatic N) is 2. The Balaban J connectivity index is 2.43. The number of nitrogens with two attached hydrogens (primary N) is 1. The zero-order chi connectivity index (χ0) is 13.6.